The predicted octanol–water partition coefficient (Wildman–Crippen LogP) is 1.09. The monoisotopic (exact) mass is 250 g/mol. The van der Waals surface area contributed by atoms with Crippen molar-refractivity contribution < 1.29 is 14.4 Å². The number of hydrogen-bond donors (Lipinski definition) is 2. The van der Waals surface area contributed by atoms with Crippen molar-refractivity contribution in [3.8, 4) is 0 Å². The van der Waals surface area contributed by atoms with Gasteiger partial charge < -0.3 is 0 Å². The molecule has 86 valence electrons. The van der Waals surface area contributed by atoms with Crippen molar-refractivity contribution >= 4 is 35.5 Å². The van der Waals surface area contributed by atoms with E-state index in [0.29, 0.717) is 10.6 Å². The van der Waals surface area contributed by atoms with Gasteiger partial charge in [0.25, 0.3) is 11.8 Å². The van der Waals surface area contributed by atoms with Crippen molar-refractivity contribution in [3.05, 3.63) is 40.4 Å². The molecule has 1 fully saturated rings. The van der Waals surface area contributed by atoms with Crippen LogP contribution in [-0.4, -0.2) is 17.8 Å². The largest absolute Gasteiger partial charge is 0.328 e. The predicted molar refractivity (Wildman–Crippen MR) is 61.1 cm³/mol. The zero-order valence-corrected chi connectivity index (χ0v) is 9.25. The van der Waals surface area contributed by atoms with E-state index in [1.165, 1.54) is 6.08 Å². The van der Waals surface area contributed by atoms with Crippen molar-refractivity contribution in [1.82, 2.24) is 10.6 Å². The number of barbiturate groups is 1. The van der Waals surface area contributed by atoms with Crippen molar-refractivity contribution in [2.75, 3.05) is 0 Å². The smallest absolute Gasteiger partial charge is 0.273 e. The number of imide groups is 2. The Hall–Kier alpha value is -2.14. The highest BCUT2D eigenvalue weighted by Crippen LogP contribution is 2.13. The maximum Gasteiger partial charge on any atom is 0.328 e. The lowest BCUT2D eigenvalue weighted by Crippen LogP contribution is -2.51. The number of benzene rings is 1. The Morgan fingerprint density at radius 3 is 2.00 bits per heavy atom. The van der Waals surface area contributed by atoms with E-state index in [1.807, 2.05) is 10.6 Å². The van der Waals surface area contributed by atoms with E-state index >= 15 is 0 Å². The molecule has 1 heterocycles. The van der Waals surface area contributed by atoms with E-state index in [0.717, 1.165) is 0 Å². The minimum Gasteiger partial charge on any atom is -0.273 e. The third-order valence-corrected chi connectivity index (χ3v) is 2.38. The van der Waals surface area contributed by atoms with Crippen LogP contribution in [0.2, 0.25) is 5.02 Å². The third-order valence-electron chi connectivity index (χ3n) is 2.12. The summed E-state index contributed by atoms with van der Waals surface area (Å²) in [4.78, 5) is 33.6. The Kier molecular flexibility index (Phi) is 2.93. The number of carbonyl (C=O) groups excluding carboxylic acids is 3. The first kappa shape index (κ1) is 11.3. The van der Waals surface area contributed by atoms with Crippen LogP contribution in [0, 0.1) is 0 Å². The van der Waals surface area contributed by atoms with Crippen LogP contribution in [0.1, 0.15) is 5.56 Å². The van der Waals surface area contributed by atoms with Gasteiger partial charge in [0.15, 0.2) is 0 Å². The molecule has 0 saturated carbocycles. The van der Waals surface area contributed by atoms with Gasteiger partial charge in [-0.05, 0) is 23.8 Å². The molecule has 0 radical (unpaired) electrons. The summed E-state index contributed by atoms with van der Waals surface area (Å²) in [5.74, 6) is -1.43. The molecule has 0 spiro atoms. The van der Waals surface area contributed by atoms with Crippen LogP contribution >= 0.6 is 11.6 Å². The molecule has 1 aromatic carbocycles. The van der Waals surface area contributed by atoms with E-state index in [1.54, 1.807) is 24.3 Å². The third kappa shape index (κ3) is 2.51. The first-order chi connectivity index (χ1) is 8.06. The van der Waals surface area contributed by atoms with Crippen LogP contribution in [0.15, 0.2) is 29.8 Å². The van der Waals surface area contributed by atoms with Crippen LogP contribution in [0.4, 0.5) is 4.79 Å². The quantitative estimate of drug-likeness (QED) is 0.579. The maximum atomic E-state index is 11.4. The van der Waals surface area contributed by atoms with E-state index in [2.05, 4.69) is 0 Å². The first-order valence-electron chi connectivity index (χ1n) is 4.70. The molecule has 2 rings (SSSR count). The van der Waals surface area contributed by atoms with Crippen LogP contribution < -0.4 is 10.6 Å². The number of urea groups is 1. The molecule has 1 saturated heterocycles. The summed E-state index contributed by atoms with van der Waals surface area (Å²) in [5.41, 5.74) is 0.524. The van der Waals surface area contributed by atoms with E-state index in [-0.39, 0.29) is 5.57 Å². The van der Waals surface area contributed by atoms with Crippen LogP contribution in [0.3, 0.4) is 0 Å². The number of halogens is 1. The first-order valence-corrected chi connectivity index (χ1v) is 5.08. The van der Waals surface area contributed by atoms with Crippen LogP contribution in [-0.2, 0) is 9.59 Å². The molecule has 0 aromatic heterocycles. The average molecular weight is 251 g/mol. The molecule has 4 amide bonds. The number of carbonyl (C=O) groups is 3. The van der Waals surface area contributed by atoms with Gasteiger partial charge in [-0.3, -0.25) is 20.2 Å². The summed E-state index contributed by atoms with van der Waals surface area (Å²) < 4.78 is 0. The van der Waals surface area contributed by atoms with Crippen LogP contribution in [0.25, 0.3) is 6.08 Å². The Morgan fingerprint density at radius 2 is 1.47 bits per heavy atom. The van der Waals surface area contributed by atoms with Crippen LogP contribution in [0.5, 0.6) is 0 Å². The van der Waals surface area contributed by atoms with Crippen molar-refractivity contribution in [2.24, 2.45) is 0 Å². The summed E-state index contributed by atoms with van der Waals surface area (Å²) in [7, 11) is 0. The Morgan fingerprint density at radius 1 is 0.941 bits per heavy atom. The second kappa shape index (κ2) is 4.39. The molecule has 2 N–H and O–H groups in total. The molecule has 1 aliphatic heterocycles. The Bertz CT molecular complexity index is 512. The molecular weight excluding hydrogens is 244 g/mol. The van der Waals surface area contributed by atoms with Gasteiger partial charge in [0.05, 0.1) is 0 Å². The van der Waals surface area contributed by atoms with E-state index in [4.69, 9.17) is 11.6 Å². The topological polar surface area (TPSA) is 75.3 Å². The van der Waals surface area contributed by atoms with Gasteiger partial charge in [0.2, 0.25) is 0 Å². The SMILES string of the molecule is O=C1NC(=O)C(=Cc2ccc(Cl)cc2)C(=O)N1. The van der Waals surface area contributed by atoms with Gasteiger partial charge in [-0.15, -0.1) is 0 Å². The van der Waals surface area contributed by atoms with Gasteiger partial charge in [-0.25, -0.2) is 4.79 Å². The molecule has 0 unspecified atom stereocenters. The Balaban J connectivity index is 2.32. The lowest BCUT2D eigenvalue weighted by atomic mass is 10.1. The number of rotatable bonds is 1. The van der Waals surface area contributed by atoms with Crippen molar-refractivity contribution in [3.63, 3.8) is 0 Å². The summed E-state index contributed by atoms with van der Waals surface area (Å²) in [5, 5.41) is 4.53. The lowest BCUT2D eigenvalue weighted by molar-refractivity contribution is -0.123. The fraction of sp³-hybridized carbons (Fsp3) is 0. The average Bonchev–Trinajstić information content (AvgIpc) is 2.26. The molecular formula is C11H7ClN2O3. The highest BCUT2D eigenvalue weighted by atomic mass is 35.5. The van der Waals surface area contributed by atoms with Gasteiger partial charge >= 0.3 is 6.03 Å². The van der Waals surface area contributed by atoms with E-state index < -0.39 is 17.8 Å². The van der Waals surface area contributed by atoms with Gasteiger partial charge in [0.1, 0.15) is 5.57 Å². The molecule has 1 aliphatic rings. The summed E-state index contributed by atoms with van der Waals surface area (Å²) >= 11 is 5.71. The zero-order valence-electron chi connectivity index (χ0n) is 8.49. The maximum absolute atomic E-state index is 11.4. The minimum absolute atomic E-state index is 0.119. The van der Waals surface area contributed by atoms with Gasteiger partial charge in [0, 0.05) is 5.02 Å². The lowest BCUT2D eigenvalue weighted by Gasteiger charge is -2.13. The fourth-order valence-corrected chi connectivity index (χ4v) is 1.46. The van der Waals surface area contributed by atoms with Gasteiger partial charge in [-0.1, -0.05) is 23.7 Å². The standard InChI is InChI=1S/C11H7ClN2O3/c12-7-3-1-6(2-4-7)5-8-9(15)13-11(17)14-10(8)16/h1-5H,(H2,13,14,15,16,17). The molecule has 6 heteroatoms. The van der Waals surface area contributed by atoms with Gasteiger partial charge in [-0.2, -0.15) is 0 Å². The summed E-state index contributed by atoms with van der Waals surface area (Å²) in [6.07, 6.45) is 1.38. The molecule has 0 aliphatic carbocycles. The number of amides is 4. The molecule has 0 bridgehead atoms. The van der Waals surface area contributed by atoms with Crippen molar-refractivity contribution in [2.45, 2.75) is 0 Å². The van der Waals surface area contributed by atoms with Crippen molar-refractivity contribution in [1.29, 1.82) is 0 Å². The van der Waals surface area contributed by atoms with E-state index in [9.17, 15) is 14.4 Å². The second-order valence-electron chi connectivity index (χ2n) is 3.35. The summed E-state index contributed by atoms with van der Waals surface area (Å²) in [6.45, 7) is 0. The molecule has 1 aromatic rings. The number of nitrogens with one attached hydrogen (secondary N) is 2. The Labute approximate surface area is 101 Å². The molecule has 17 heavy (non-hydrogen) atoms. The number of hydrogen-bond acceptors (Lipinski definition) is 3. The highest BCUT2D eigenvalue weighted by Gasteiger charge is 2.27. The summed E-state index contributed by atoms with van der Waals surface area (Å²) in [6, 6.07) is 5.78. The minimum atomic E-state index is -0.812. The second-order valence-corrected chi connectivity index (χ2v) is 3.78. The zero-order chi connectivity index (χ0) is 12.4. The molecule has 5 nitrogen and oxygen atoms in total. The highest BCUT2D eigenvalue weighted by molar-refractivity contribution is 6.31. The molecule has 0 atom stereocenters. The normalized spacial score (nSPS) is 15.4. The fourth-order valence-electron chi connectivity index (χ4n) is 1.33.